The highest BCUT2D eigenvalue weighted by atomic mass is 32.1. The van der Waals surface area contributed by atoms with Crippen molar-refractivity contribution in [1.82, 2.24) is 5.32 Å². The molecule has 2 aliphatic rings. The molecule has 2 saturated heterocycles. The zero-order valence-electron chi connectivity index (χ0n) is 17.8. The molecule has 0 saturated carbocycles. The molecule has 166 valence electrons. The monoisotopic (exact) mass is 444 g/mol. The summed E-state index contributed by atoms with van der Waals surface area (Å²) in [7, 11) is 0. The van der Waals surface area contributed by atoms with Gasteiger partial charge in [0, 0.05) is 24.9 Å². The first-order valence-corrected chi connectivity index (χ1v) is 11.5. The lowest BCUT2D eigenvalue weighted by Gasteiger charge is -2.31. The number of nitrogens with one attached hydrogen (secondary N) is 2. The second kappa shape index (κ2) is 9.48. The molecule has 7 nitrogen and oxygen atoms in total. The molecule has 0 radical (unpaired) electrons. The van der Waals surface area contributed by atoms with Gasteiger partial charge in [0.25, 0.3) is 11.8 Å². The van der Waals surface area contributed by atoms with Gasteiger partial charge in [-0.25, -0.2) is 0 Å². The van der Waals surface area contributed by atoms with Crippen LogP contribution in [0.3, 0.4) is 0 Å². The summed E-state index contributed by atoms with van der Waals surface area (Å²) in [5.41, 5.74) is 2.17. The Kier molecular flexibility index (Phi) is 6.71. The minimum Gasteiger partial charge on any atom is -0.381 e. The highest BCUT2D eigenvalue weighted by Gasteiger charge is 2.42. The normalized spacial score (nSPS) is 20.2. The SMILES string of the molecule is CC(C)c1ccc(C(=O)Nc2sccc2C(=O)NC[C@@H]2COC3(CCOCC3)O2)cc1. The van der Waals surface area contributed by atoms with Crippen LogP contribution in [0.15, 0.2) is 35.7 Å². The molecule has 31 heavy (non-hydrogen) atoms. The Labute approximate surface area is 186 Å². The number of benzene rings is 1. The summed E-state index contributed by atoms with van der Waals surface area (Å²) in [6, 6.07) is 9.24. The van der Waals surface area contributed by atoms with E-state index in [1.807, 2.05) is 24.3 Å². The third-order valence-electron chi connectivity index (χ3n) is 5.64. The summed E-state index contributed by atoms with van der Waals surface area (Å²) in [6.45, 7) is 6.26. The minimum atomic E-state index is -0.569. The molecule has 1 aromatic carbocycles. The Morgan fingerprint density at radius 3 is 2.58 bits per heavy atom. The van der Waals surface area contributed by atoms with Crippen LogP contribution in [0.2, 0.25) is 0 Å². The van der Waals surface area contributed by atoms with Crippen molar-refractivity contribution in [3.05, 3.63) is 52.4 Å². The van der Waals surface area contributed by atoms with Crippen LogP contribution in [-0.4, -0.2) is 50.1 Å². The predicted octanol–water partition coefficient (Wildman–Crippen LogP) is 3.78. The van der Waals surface area contributed by atoms with Gasteiger partial charge in [-0.2, -0.15) is 0 Å². The third kappa shape index (κ3) is 5.15. The topological polar surface area (TPSA) is 85.9 Å². The summed E-state index contributed by atoms with van der Waals surface area (Å²) >= 11 is 1.32. The van der Waals surface area contributed by atoms with E-state index >= 15 is 0 Å². The Morgan fingerprint density at radius 1 is 1.13 bits per heavy atom. The molecule has 2 aromatic rings. The fourth-order valence-electron chi connectivity index (χ4n) is 3.74. The van der Waals surface area contributed by atoms with E-state index in [-0.39, 0.29) is 17.9 Å². The van der Waals surface area contributed by atoms with Crippen LogP contribution >= 0.6 is 11.3 Å². The van der Waals surface area contributed by atoms with Crippen molar-refractivity contribution in [3.63, 3.8) is 0 Å². The van der Waals surface area contributed by atoms with Gasteiger partial charge in [0.05, 0.1) is 25.4 Å². The lowest BCUT2D eigenvalue weighted by molar-refractivity contribution is -0.210. The van der Waals surface area contributed by atoms with Crippen LogP contribution in [0.1, 0.15) is 58.9 Å². The fourth-order valence-corrected chi connectivity index (χ4v) is 4.52. The van der Waals surface area contributed by atoms with E-state index in [1.165, 1.54) is 16.9 Å². The van der Waals surface area contributed by atoms with Gasteiger partial charge in [0.2, 0.25) is 0 Å². The highest BCUT2D eigenvalue weighted by Crippen LogP contribution is 2.33. The van der Waals surface area contributed by atoms with Crippen molar-refractivity contribution in [2.24, 2.45) is 0 Å². The predicted molar refractivity (Wildman–Crippen MR) is 119 cm³/mol. The smallest absolute Gasteiger partial charge is 0.256 e. The van der Waals surface area contributed by atoms with Crippen molar-refractivity contribution in [3.8, 4) is 0 Å². The molecule has 2 fully saturated rings. The molecule has 2 aliphatic heterocycles. The van der Waals surface area contributed by atoms with E-state index in [4.69, 9.17) is 14.2 Å². The van der Waals surface area contributed by atoms with Gasteiger partial charge in [0.15, 0.2) is 5.79 Å². The summed E-state index contributed by atoms with van der Waals surface area (Å²) < 4.78 is 17.3. The average molecular weight is 445 g/mol. The molecule has 0 aliphatic carbocycles. The summed E-state index contributed by atoms with van der Waals surface area (Å²) in [5.74, 6) is -0.649. The fraction of sp³-hybridized carbons (Fsp3) is 0.478. The van der Waals surface area contributed by atoms with Crippen LogP contribution in [0.4, 0.5) is 5.00 Å². The van der Waals surface area contributed by atoms with Crippen molar-refractivity contribution < 1.29 is 23.8 Å². The molecular formula is C23H28N2O5S. The number of carbonyl (C=O) groups excluding carboxylic acids is 2. The first-order chi connectivity index (χ1) is 15.0. The van der Waals surface area contributed by atoms with Gasteiger partial charge < -0.3 is 24.8 Å². The van der Waals surface area contributed by atoms with Gasteiger partial charge in [-0.1, -0.05) is 26.0 Å². The minimum absolute atomic E-state index is 0.196. The summed E-state index contributed by atoms with van der Waals surface area (Å²) in [6.07, 6.45) is 1.21. The van der Waals surface area contributed by atoms with Crippen LogP contribution < -0.4 is 10.6 Å². The molecule has 2 N–H and O–H groups in total. The Morgan fingerprint density at radius 2 is 1.87 bits per heavy atom. The molecule has 3 heterocycles. The maximum atomic E-state index is 12.7. The van der Waals surface area contributed by atoms with Crippen molar-refractivity contribution >= 4 is 28.2 Å². The van der Waals surface area contributed by atoms with Crippen molar-refractivity contribution in [1.29, 1.82) is 0 Å². The zero-order valence-corrected chi connectivity index (χ0v) is 18.6. The molecule has 8 heteroatoms. The maximum absolute atomic E-state index is 12.7. The molecule has 0 unspecified atom stereocenters. The molecule has 4 rings (SSSR count). The second-order valence-electron chi connectivity index (χ2n) is 8.18. The van der Waals surface area contributed by atoms with E-state index in [1.54, 1.807) is 11.4 Å². The van der Waals surface area contributed by atoms with Crippen LogP contribution in [-0.2, 0) is 14.2 Å². The largest absolute Gasteiger partial charge is 0.381 e. The molecule has 0 bridgehead atoms. The number of amides is 2. The first kappa shape index (κ1) is 22.0. The van der Waals surface area contributed by atoms with Gasteiger partial charge in [0.1, 0.15) is 11.1 Å². The van der Waals surface area contributed by atoms with E-state index in [0.29, 0.717) is 61.3 Å². The average Bonchev–Trinajstić information content (AvgIpc) is 3.40. The van der Waals surface area contributed by atoms with Gasteiger partial charge in [-0.15, -0.1) is 11.3 Å². The Hall–Kier alpha value is -2.26. The van der Waals surface area contributed by atoms with E-state index in [2.05, 4.69) is 24.5 Å². The molecule has 1 atom stereocenters. The van der Waals surface area contributed by atoms with Crippen LogP contribution in [0, 0.1) is 0 Å². The van der Waals surface area contributed by atoms with E-state index in [9.17, 15) is 9.59 Å². The molecule has 1 spiro atoms. The van der Waals surface area contributed by atoms with Crippen molar-refractivity contribution in [2.75, 3.05) is 31.7 Å². The Balaban J connectivity index is 1.32. The quantitative estimate of drug-likeness (QED) is 0.708. The Bertz CT molecular complexity index is 918. The summed E-state index contributed by atoms with van der Waals surface area (Å²) in [5, 5.41) is 8.08. The van der Waals surface area contributed by atoms with Crippen LogP contribution in [0.5, 0.6) is 0 Å². The van der Waals surface area contributed by atoms with Gasteiger partial charge >= 0.3 is 0 Å². The van der Waals surface area contributed by atoms with E-state index < -0.39 is 5.79 Å². The van der Waals surface area contributed by atoms with Crippen molar-refractivity contribution in [2.45, 2.75) is 44.5 Å². The standard InChI is InChI=1S/C23H28N2O5S/c1-15(2)16-3-5-17(6-4-16)20(26)25-22-19(7-12-31-22)21(27)24-13-18-14-29-23(30-18)8-10-28-11-9-23/h3-7,12,15,18H,8-11,13-14H2,1-2H3,(H,24,27)(H,25,26)/t18-/m1/s1. The number of carbonyl (C=O) groups is 2. The molecular weight excluding hydrogens is 416 g/mol. The first-order valence-electron chi connectivity index (χ1n) is 10.6. The van der Waals surface area contributed by atoms with Gasteiger partial charge in [-0.3, -0.25) is 9.59 Å². The number of ether oxygens (including phenoxy) is 3. The lowest BCUT2D eigenvalue weighted by Crippen LogP contribution is -2.39. The highest BCUT2D eigenvalue weighted by molar-refractivity contribution is 7.14. The molecule has 2 amide bonds. The summed E-state index contributed by atoms with van der Waals surface area (Å²) in [4.78, 5) is 25.3. The zero-order chi connectivity index (χ0) is 21.8. The lowest BCUT2D eigenvalue weighted by atomic mass is 10.0. The van der Waals surface area contributed by atoms with Gasteiger partial charge in [-0.05, 0) is 35.1 Å². The van der Waals surface area contributed by atoms with E-state index in [0.717, 1.165) is 0 Å². The third-order valence-corrected chi connectivity index (χ3v) is 6.46. The van der Waals surface area contributed by atoms with Crippen LogP contribution in [0.25, 0.3) is 0 Å². The number of hydrogen-bond donors (Lipinski definition) is 2. The number of anilines is 1. The number of hydrogen-bond acceptors (Lipinski definition) is 6. The molecule has 1 aromatic heterocycles. The number of rotatable bonds is 6. The maximum Gasteiger partial charge on any atom is 0.256 e. The second-order valence-corrected chi connectivity index (χ2v) is 9.09. The number of thiophene rings is 1.